The highest BCUT2D eigenvalue weighted by atomic mass is 19.3. The third-order valence-electron chi connectivity index (χ3n) is 12.1. The molecule has 0 saturated heterocycles. The molecule has 2 aromatic heterocycles. The molecule has 5 aliphatic rings. The number of benzene rings is 3. The van der Waals surface area contributed by atoms with Crippen molar-refractivity contribution in [1.29, 1.82) is 0 Å². The van der Waals surface area contributed by atoms with Crippen LogP contribution in [0.3, 0.4) is 0 Å². The van der Waals surface area contributed by atoms with E-state index in [1.165, 1.54) is 4.90 Å². The summed E-state index contributed by atoms with van der Waals surface area (Å²) in [6.07, 6.45) is 1.34. The average molecular weight is 827 g/mol. The minimum absolute atomic E-state index is 0.00368. The van der Waals surface area contributed by atoms with Crippen molar-refractivity contribution < 1.29 is 45.6 Å². The summed E-state index contributed by atoms with van der Waals surface area (Å²) in [6, 6.07) is 16.2. The molecular formula is C42H38F4N8O6. The maximum absolute atomic E-state index is 13.5. The van der Waals surface area contributed by atoms with Crippen LogP contribution in [0.25, 0.3) is 22.9 Å². The van der Waals surface area contributed by atoms with Crippen LogP contribution in [0, 0.1) is 0 Å². The van der Waals surface area contributed by atoms with Crippen LogP contribution in [0.1, 0.15) is 129 Å². The van der Waals surface area contributed by atoms with Crippen molar-refractivity contribution >= 4 is 23.6 Å². The average Bonchev–Trinajstić information content (AvgIpc) is 4.10. The van der Waals surface area contributed by atoms with Crippen LogP contribution in [0.2, 0.25) is 0 Å². The number of fused-ring (bicyclic) bond motifs is 3. The molecule has 2 aliphatic carbocycles. The highest BCUT2D eigenvalue weighted by molar-refractivity contribution is 6.21. The van der Waals surface area contributed by atoms with Crippen LogP contribution in [-0.2, 0) is 13.1 Å². The lowest BCUT2D eigenvalue weighted by Crippen LogP contribution is -2.55. The van der Waals surface area contributed by atoms with Gasteiger partial charge in [-0.25, -0.2) is 0 Å². The Hall–Kier alpha value is -6.30. The van der Waals surface area contributed by atoms with Crippen molar-refractivity contribution in [1.82, 2.24) is 35.1 Å². The molecule has 4 atom stereocenters. The smallest absolute Gasteiger partial charge is 0.314 e. The molecule has 18 heteroatoms. The maximum atomic E-state index is 13.5. The number of amides is 4. The summed E-state index contributed by atoms with van der Waals surface area (Å²) in [5, 5.41) is 14.0. The maximum Gasteiger partial charge on any atom is 0.314 e. The van der Waals surface area contributed by atoms with Crippen molar-refractivity contribution in [2.75, 3.05) is 0 Å². The SMILES string of the molecule is N[C@@H]1CCCC[C@H]1N1Cc2ccc(-c3nnc(C(F)F)o3)cc2C1=O.O=C1c2cc(-c3nnc(C(F)F)o3)ccc2CN1[C@@H]1CCCC[C@H]1N1C(=O)c2ccccc2C1=O. The van der Waals surface area contributed by atoms with E-state index in [1.807, 2.05) is 11.0 Å². The van der Waals surface area contributed by atoms with Gasteiger partial charge in [0.25, 0.3) is 35.4 Å². The number of nitrogens with two attached hydrogens (primary N) is 1. The molecule has 4 amide bonds. The molecule has 10 rings (SSSR count). The molecule has 3 aliphatic heterocycles. The molecule has 2 N–H and O–H groups in total. The van der Waals surface area contributed by atoms with Gasteiger partial charge < -0.3 is 24.4 Å². The Kier molecular flexibility index (Phi) is 10.3. The van der Waals surface area contributed by atoms with Crippen LogP contribution in [0.5, 0.6) is 0 Å². The molecule has 310 valence electrons. The number of hydrogen-bond donors (Lipinski definition) is 1. The highest BCUT2D eigenvalue weighted by Gasteiger charge is 2.47. The fourth-order valence-electron chi connectivity index (χ4n) is 9.12. The van der Waals surface area contributed by atoms with E-state index in [1.54, 1.807) is 59.5 Å². The van der Waals surface area contributed by atoms with Gasteiger partial charge in [0.15, 0.2) is 0 Å². The Balaban J connectivity index is 0.000000163. The Morgan fingerprint density at radius 1 is 0.550 bits per heavy atom. The summed E-state index contributed by atoms with van der Waals surface area (Å²) >= 11 is 0. The van der Waals surface area contributed by atoms with Crippen molar-refractivity contribution in [3.8, 4) is 22.9 Å². The van der Waals surface area contributed by atoms with E-state index in [0.717, 1.165) is 49.7 Å². The molecule has 3 aromatic carbocycles. The van der Waals surface area contributed by atoms with E-state index in [9.17, 15) is 36.7 Å². The van der Waals surface area contributed by atoms with Gasteiger partial charge >= 0.3 is 12.9 Å². The first-order chi connectivity index (χ1) is 29.0. The van der Waals surface area contributed by atoms with Crippen molar-refractivity contribution in [3.05, 3.63) is 106 Å². The minimum atomic E-state index is -2.88. The lowest BCUT2D eigenvalue weighted by atomic mass is 9.88. The zero-order valence-electron chi connectivity index (χ0n) is 32.0. The van der Waals surface area contributed by atoms with Gasteiger partial charge in [-0.3, -0.25) is 24.1 Å². The topological polar surface area (TPSA) is 182 Å². The van der Waals surface area contributed by atoms with E-state index in [-0.39, 0.29) is 53.5 Å². The van der Waals surface area contributed by atoms with Gasteiger partial charge in [-0.2, -0.15) is 17.6 Å². The fourth-order valence-corrected chi connectivity index (χ4v) is 9.12. The van der Waals surface area contributed by atoms with Gasteiger partial charge in [0.1, 0.15) is 0 Å². The molecule has 2 fully saturated rings. The second-order valence-electron chi connectivity index (χ2n) is 15.6. The second kappa shape index (κ2) is 15.7. The minimum Gasteiger partial charge on any atom is -0.415 e. The first kappa shape index (κ1) is 39.2. The molecule has 5 aromatic rings. The van der Waals surface area contributed by atoms with Gasteiger partial charge in [-0.15, -0.1) is 20.4 Å². The first-order valence-electron chi connectivity index (χ1n) is 19.8. The molecular weight excluding hydrogens is 789 g/mol. The summed E-state index contributed by atoms with van der Waals surface area (Å²) in [6.45, 7) is 0.865. The molecule has 14 nitrogen and oxygen atoms in total. The van der Waals surface area contributed by atoms with Gasteiger partial charge in [0.2, 0.25) is 11.8 Å². The molecule has 0 bridgehead atoms. The molecule has 2 saturated carbocycles. The second-order valence-corrected chi connectivity index (χ2v) is 15.6. The van der Waals surface area contributed by atoms with E-state index in [0.29, 0.717) is 59.3 Å². The van der Waals surface area contributed by atoms with E-state index in [4.69, 9.17) is 14.6 Å². The predicted octanol–water partition coefficient (Wildman–Crippen LogP) is 7.14. The summed E-state index contributed by atoms with van der Waals surface area (Å²) in [5.41, 5.74) is 10.5. The predicted molar refractivity (Wildman–Crippen MR) is 202 cm³/mol. The first-order valence-corrected chi connectivity index (χ1v) is 19.8. The lowest BCUT2D eigenvalue weighted by Gasteiger charge is -2.41. The molecule has 0 spiro atoms. The number of nitrogens with zero attached hydrogens (tertiary/aromatic N) is 7. The summed E-state index contributed by atoms with van der Waals surface area (Å²) in [4.78, 5) is 57.5. The van der Waals surface area contributed by atoms with Gasteiger partial charge in [-0.1, -0.05) is 49.9 Å². The van der Waals surface area contributed by atoms with Crippen molar-refractivity contribution in [3.63, 3.8) is 0 Å². The lowest BCUT2D eigenvalue weighted by molar-refractivity contribution is 0.0306. The van der Waals surface area contributed by atoms with Crippen LogP contribution in [-0.4, -0.2) is 82.9 Å². The number of halogens is 4. The zero-order chi connectivity index (χ0) is 41.8. The molecule has 5 heterocycles. The number of alkyl halides is 4. The third kappa shape index (κ3) is 6.91. The van der Waals surface area contributed by atoms with Crippen molar-refractivity contribution in [2.24, 2.45) is 5.73 Å². The number of imide groups is 1. The fraction of sp³-hybridized carbons (Fsp3) is 0.381. The van der Waals surface area contributed by atoms with E-state index < -0.39 is 30.7 Å². The normalized spacial score (nSPS) is 22.4. The van der Waals surface area contributed by atoms with Crippen molar-refractivity contribution in [2.45, 2.75) is 101 Å². The number of carbonyl (C=O) groups is 4. The third-order valence-corrected chi connectivity index (χ3v) is 12.1. The van der Waals surface area contributed by atoms with Crippen LogP contribution >= 0.6 is 0 Å². The largest absolute Gasteiger partial charge is 0.415 e. The Bertz CT molecular complexity index is 2470. The van der Waals surface area contributed by atoms with Gasteiger partial charge in [-0.05, 0) is 73.2 Å². The van der Waals surface area contributed by atoms with Gasteiger partial charge in [0, 0.05) is 47.4 Å². The number of rotatable bonds is 7. The zero-order valence-corrected chi connectivity index (χ0v) is 32.0. The molecule has 60 heavy (non-hydrogen) atoms. The van der Waals surface area contributed by atoms with Gasteiger partial charge in [0.05, 0.1) is 23.2 Å². The highest BCUT2D eigenvalue weighted by Crippen LogP contribution is 2.38. The number of aromatic nitrogens is 4. The van der Waals surface area contributed by atoms with Crippen LogP contribution < -0.4 is 5.73 Å². The summed E-state index contributed by atoms with van der Waals surface area (Å²) < 4.78 is 60.9. The quantitative estimate of drug-likeness (QED) is 0.130. The Morgan fingerprint density at radius 2 is 1.00 bits per heavy atom. The van der Waals surface area contributed by atoms with Crippen LogP contribution in [0.4, 0.5) is 17.6 Å². The van der Waals surface area contributed by atoms with E-state index >= 15 is 0 Å². The summed E-state index contributed by atoms with van der Waals surface area (Å²) in [5.74, 6) is -2.55. The summed E-state index contributed by atoms with van der Waals surface area (Å²) in [7, 11) is 0. The Labute approximate surface area is 339 Å². The Morgan fingerprint density at radius 3 is 1.47 bits per heavy atom. The molecule has 0 radical (unpaired) electrons. The standard InChI is InChI=1S/C25H20F2N4O4.C17H18F2N4O2/c26-20(27)22-29-28-21(35-22)13-9-10-14-12-30(23(32)17(14)11-13)18-7-3-4-8-19(18)31-24(33)15-5-1-2-6-16(15)25(31)34;18-14(19)16-22-21-15(25-16)9-5-6-10-8-23(17(24)11(10)7-9)13-4-2-1-3-12(13)20/h1-2,5-6,9-11,18-20H,3-4,7-8,12H2;5-7,12-14H,1-4,8,20H2/t18-,19-;12-,13-/m11/s1. The van der Waals surface area contributed by atoms with Crippen LogP contribution in [0.15, 0.2) is 69.5 Å². The van der Waals surface area contributed by atoms with E-state index in [2.05, 4.69) is 20.4 Å². The monoisotopic (exact) mass is 826 g/mol. The molecule has 0 unspecified atom stereocenters. The number of hydrogen-bond acceptors (Lipinski definition) is 11. The number of carbonyl (C=O) groups excluding carboxylic acids is 4.